The largest absolute Gasteiger partial charge is 0.493 e. The molecule has 0 saturated heterocycles. The molecule has 2 amide bonds. The number of nitrogens with one attached hydrogen (secondary N) is 2. The lowest BCUT2D eigenvalue weighted by atomic mass is 10.1. The van der Waals surface area contributed by atoms with Crippen LogP contribution in [0.1, 0.15) is 15.9 Å². The first-order valence-corrected chi connectivity index (χ1v) is 7.88. The average Bonchev–Trinajstić information content (AvgIpc) is 2.67. The molecule has 136 valence electrons. The van der Waals surface area contributed by atoms with E-state index in [0.717, 1.165) is 0 Å². The lowest BCUT2D eigenvalue weighted by Gasteiger charge is -2.21. The van der Waals surface area contributed by atoms with E-state index < -0.39 is 11.8 Å². The summed E-state index contributed by atoms with van der Waals surface area (Å²) in [6.45, 7) is 0.768. The fourth-order valence-corrected chi connectivity index (χ4v) is 2.43. The second-order valence-corrected chi connectivity index (χ2v) is 5.51. The number of carbonyl (C=O) groups is 2. The van der Waals surface area contributed by atoms with Gasteiger partial charge in [0.05, 0.1) is 13.5 Å². The Balaban J connectivity index is 1.62. The zero-order valence-electron chi connectivity index (χ0n) is 14.0. The molecule has 0 aromatic heterocycles. The fraction of sp³-hybridized carbons (Fsp3) is 0.222. The van der Waals surface area contributed by atoms with Crippen LogP contribution in [-0.2, 0) is 11.2 Å². The van der Waals surface area contributed by atoms with E-state index in [1.807, 2.05) is 0 Å². The molecule has 7 nitrogen and oxygen atoms in total. The van der Waals surface area contributed by atoms with E-state index in [-0.39, 0.29) is 17.8 Å². The van der Waals surface area contributed by atoms with Crippen molar-refractivity contribution in [3.63, 3.8) is 0 Å². The van der Waals surface area contributed by atoms with Gasteiger partial charge in [-0.05, 0) is 29.8 Å². The monoisotopic (exact) mass is 360 g/mol. The van der Waals surface area contributed by atoms with Gasteiger partial charge in [0.15, 0.2) is 11.5 Å². The molecule has 0 unspecified atom stereocenters. The highest BCUT2D eigenvalue weighted by atomic mass is 19.1. The predicted octanol–water partition coefficient (Wildman–Crippen LogP) is 1.61. The minimum atomic E-state index is -0.535. The highest BCUT2D eigenvalue weighted by molar-refractivity contribution is 5.96. The number of methoxy groups -OCH3 is 1. The third kappa shape index (κ3) is 4.02. The smallest absolute Gasteiger partial charge is 0.269 e. The molecule has 1 heterocycles. The predicted molar refractivity (Wildman–Crippen MR) is 89.7 cm³/mol. The molecule has 26 heavy (non-hydrogen) atoms. The molecule has 2 N–H and O–H groups in total. The number of benzene rings is 2. The van der Waals surface area contributed by atoms with Crippen molar-refractivity contribution in [2.24, 2.45) is 0 Å². The summed E-state index contributed by atoms with van der Waals surface area (Å²) >= 11 is 0. The molecule has 0 aliphatic carbocycles. The Kier molecular flexibility index (Phi) is 5.21. The lowest BCUT2D eigenvalue weighted by molar-refractivity contribution is -0.121. The van der Waals surface area contributed by atoms with Crippen LogP contribution in [-0.4, -0.2) is 32.1 Å². The third-order valence-corrected chi connectivity index (χ3v) is 3.68. The average molecular weight is 360 g/mol. The molecule has 0 bridgehead atoms. The maximum atomic E-state index is 12.9. The summed E-state index contributed by atoms with van der Waals surface area (Å²) < 4.78 is 29.0. The van der Waals surface area contributed by atoms with E-state index in [0.29, 0.717) is 36.0 Å². The quantitative estimate of drug-likeness (QED) is 0.809. The normalized spacial score (nSPS) is 12.2. The number of rotatable bonds is 4. The minimum absolute atomic E-state index is 0.00498. The van der Waals surface area contributed by atoms with Gasteiger partial charge in [-0.2, -0.15) is 0 Å². The van der Waals surface area contributed by atoms with Gasteiger partial charge >= 0.3 is 0 Å². The number of hydrogen-bond acceptors (Lipinski definition) is 5. The van der Waals surface area contributed by atoms with Gasteiger partial charge in [0, 0.05) is 5.56 Å². The number of carbonyl (C=O) groups excluding carboxylic acids is 2. The van der Waals surface area contributed by atoms with Crippen molar-refractivity contribution in [3.05, 3.63) is 53.3 Å². The Morgan fingerprint density at radius 3 is 2.58 bits per heavy atom. The molecule has 0 atom stereocenters. The Morgan fingerprint density at radius 2 is 1.85 bits per heavy atom. The zero-order chi connectivity index (χ0) is 18.5. The van der Waals surface area contributed by atoms with Crippen LogP contribution in [0.25, 0.3) is 0 Å². The van der Waals surface area contributed by atoms with Crippen LogP contribution in [0, 0.1) is 5.82 Å². The Bertz CT molecular complexity index is 806. The van der Waals surface area contributed by atoms with Crippen LogP contribution in [0.3, 0.4) is 0 Å². The standard InChI is InChI=1S/C18H17FN2O5/c1-24-14-9-12(10-15-17(14)26-7-6-25-15)18(23)21-20-16(22)8-11-2-4-13(19)5-3-11/h2-5,9-10H,6-8H2,1H3,(H,20,22)(H,21,23). The number of hydrazine groups is 1. The van der Waals surface area contributed by atoms with Crippen LogP contribution >= 0.6 is 0 Å². The van der Waals surface area contributed by atoms with E-state index in [4.69, 9.17) is 14.2 Å². The van der Waals surface area contributed by atoms with Crippen molar-refractivity contribution in [3.8, 4) is 17.2 Å². The highest BCUT2D eigenvalue weighted by Crippen LogP contribution is 2.40. The van der Waals surface area contributed by atoms with E-state index >= 15 is 0 Å². The number of amides is 2. The van der Waals surface area contributed by atoms with Gasteiger partial charge in [-0.1, -0.05) is 12.1 Å². The van der Waals surface area contributed by atoms with E-state index in [1.54, 1.807) is 0 Å². The fourth-order valence-electron chi connectivity index (χ4n) is 2.43. The van der Waals surface area contributed by atoms with E-state index in [1.165, 1.54) is 43.5 Å². The first-order valence-electron chi connectivity index (χ1n) is 7.88. The number of fused-ring (bicyclic) bond motifs is 1. The summed E-state index contributed by atoms with van der Waals surface area (Å²) in [5.74, 6) is -0.142. The Hall–Kier alpha value is -3.29. The van der Waals surface area contributed by atoms with E-state index in [9.17, 15) is 14.0 Å². The number of halogens is 1. The summed E-state index contributed by atoms with van der Waals surface area (Å²) in [5, 5.41) is 0. The maximum Gasteiger partial charge on any atom is 0.269 e. The molecule has 0 saturated carbocycles. The van der Waals surface area contributed by atoms with Crippen LogP contribution in [0.15, 0.2) is 36.4 Å². The Morgan fingerprint density at radius 1 is 1.12 bits per heavy atom. The summed E-state index contributed by atoms with van der Waals surface area (Å²) in [6, 6.07) is 8.55. The molecular formula is C18H17FN2O5. The summed E-state index contributed by atoms with van der Waals surface area (Å²) in [7, 11) is 1.46. The van der Waals surface area contributed by atoms with Crippen molar-refractivity contribution in [1.29, 1.82) is 0 Å². The first-order chi connectivity index (χ1) is 12.6. The molecule has 2 aromatic rings. The van der Waals surface area contributed by atoms with Gasteiger partial charge in [-0.15, -0.1) is 0 Å². The van der Waals surface area contributed by atoms with Crippen LogP contribution in [0.4, 0.5) is 4.39 Å². The van der Waals surface area contributed by atoms with Gasteiger partial charge in [0.1, 0.15) is 19.0 Å². The van der Waals surface area contributed by atoms with Gasteiger partial charge in [-0.3, -0.25) is 20.4 Å². The van der Waals surface area contributed by atoms with Gasteiger partial charge in [0.25, 0.3) is 5.91 Å². The third-order valence-electron chi connectivity index (χ3n) is 3.68. The molecule has 8 heteroatoms. The Labute approximate surface area is 149 Å². The second-order valence-electron chi connectivity index (χ2n) is 5.51. The molecule has 1 aliphatic heterocycles. The van der Waals surface area contributed by atoms with Gasteiger partial charge in [-0.25, -0.2) is 4.39 Å². The van der Waals surface area contributed by atoms with Crippen molar-refractivity contribution in [1.82, 2.24) is 10.9 Å². The van der Waals surface area contributed by atoms with Crippen molar-refractivity contribution in [2.45, 2.75) is 6.42 Å². The first kappa shape index (κ1) is 17.5. The molecule has 3 rings (SSSR count). The SMILES string of the molecule is COc1cc(C(=O)NNC(=O)Cc2ccc(F)cc2)cc2c1OCCO2. The summed E-state index contributed by atoms with van der Waals surface area (Å²) in [5.41, 5.74) is 5.51. The minimum Gasteiger partial charge on any atom is -0.493 e. The molecule has 2 aromatic carbocycles. The summed E-state index contributed by atoms with van der Waals surface area (Å²) in [4.78, 5) is 24.2. The van der Waals surface area contributed by atoms with E-state index in [2.05, 4.69) is 10.9 Å². The van der Waals surface area contributed by atoms with Crippen molar-refractivity contribution >= 4 is 11.8 Å². The molecule has 0 radical (unpaired) electrons. The van der Waals surface area contributed by atoms with Crippen LogP contribution in [0.5, 0.6) is 17.2 Å². The molecule has 0 fully saturated rings. The van der Waals surface area contributed by atoms with Crippen molar-refractivity contribution < 1.29 is 28.2 Å². The van der Waals surface area contributed by atoms with Crippen molar-refractivity contribution in [2.75, 3.05) is 20.3 Å². The summed E-state index contributed by atoms with van der Waals surface area (Å²) in [6.07, 6.45) is 0.00498. The van der Waals surface area contributed by atoms with Gasteiger partial charge in [0.2, 0.25) is 11.7 Å². The topological polar surface area (TPSA) is 85.9 Å². The zero-order valence-corrected chi connectivity index (χ0v) is 14.0. The van der Waals surface area contributed by atoms with Crippen LogP contribution in [0.2, 0.25) is 0 Å². The maximum absolute atomic E-state index is 12.9. The van der Waals surface area contributed by atoms with Crippen LogP contribution < -0.4 is 25.1 Å². The second kappa shape index (κ2) is 7.73. The van der Waals surface area contributed by atoms with Gasteiger partial charge < -0.3 is 14.2 Å². The number of ether oxygens (including phenoxy) is 3. The molecular weight excluding hydrogens is 343 g/mol. The highest BCUT2D eigenvalue weighted by Gasteiger charge is 2.21. The number of hydrogen-bond donors (Lipinski definition) is 2. The molecule has 1 aliphatic rings. The lowest BCUT2D eigenvalue weighted by Crippen LogP contribution is -2.42. The molecule has 0 spiro atoms.